The minimum Gasteiger partial charge on any atom is -0.347 e. The van der Waals surface area contributed by atoms with Crippen LogP contribution >= 0.6 is 0 Å². The van der Waals surface area contributed by atoms with E-state index in [1.54, 1.807) is 4.90 Å². The lowest BCUT2D eigenvalue weighted by Gasteiger charge is -2.14. The molecule has 0 aromatic carbocycles. The summed E-state index contributed by atoms with van der Waals surface area (Å²) in [7, 11) is 0. The Morgan fingerprint density at radius 2 is 2.33 bits per heavy atom. The summed E-state index contributed by atoms with van der Waals surface area (Å²) >= 11 is 0. The van der Waals surface area contributed by atoms with Crippen LogP contribution in [-0.4, -0.2) is 43.4 Å². The number of hydrogen-bond donors (Lipinski definition) is 1. The highest BCUT2D eigenvalue weighted by atomic mass is 19.3. The summed E-state index contributed by atoms with van der Waals surface area (Å²) in [4.78, 5) is 11.3. The van der Waals surface area contributed by atoms with Crippen molar-refractivity contribution in [1.29, 1.82) is 0 Å². The zero-order valence-electron chi connectivity index (χ0n) is 6.65. The lowest BCUT2D eigenvalue weighted by atomic mass is 10.3. The Morgan fingerprint density at radius 3 is 2.83 bits per heavy atom. The van der Waals surface area contributed by atoms with Gasteiger partial charge in [0.1, 0.15) is 0 Å². The third-order valence-electron chi connectivity index (χ3n) is 1.87. The summed E-state index contributed by atoms with van der Waals surface area (Å²) in [6.45, 7) is 1.09. The summed E-state index contributed by atoms with van der Waals surface area (Å²) in [5.74, 6) is -2.54. The molecule has 0 bridgehead atoms. The molecule has 0 saturated carbocycles. The first-order chi connectivity index (χ1) is 5.64. The summed E-state index contributed by atoms with van der Waals surface area (Å²) in [5.41, 5.74) is 0. The molecule has 0 aliphatic carbocycles. The number of rotatable bonds is 4. The van der Waals surface area contributed by atoms with Gasteiger partial charge in [-0.15, -0.1) is 0 Å². The van der Waals surface area contributed by atoms with Crippen LogP contribution in [0.2, 0.25) is 0 Å². The monoisotopic (exact) mass is 177 g/mol. The van der Waals surface area contributed by atoms with E-state index in [1.165, 1.54) is 6.41 Å². The first kappa shape index (κ1) is 9.38. The van der Waals surface area contributed by atoms with E-state index in [0.29, 0.717) is 19.6 Å². The summed E-state index contributed by atoms with van der Waals surface area (Å²) in [6.07, 6.45) is 1.43. The van der Waals surface area contributed by atoms with E-state index in [0.717, 1.165) is 0 Å². The minimum absolute atomic E-state index is 0.0716. The largest absolute Gasteiger partial charge is 0.347 e. The van der Waals surface area contributed by atoms with Crippen LogP contribution in [0.25, 0.3) is 0 Å². The topological polar surface area (TPSA) is 32.3 Å². The number of likely N-dealkylation sites (tertiary alicyclic amines) is 1. The SMILES string of the molecule is O=[C]NCCN1CCC(F)(F)C1. The maximum absolute atomic E-state index is 12.6. The van der Waals surface area contributed by atoms with Crippen molar-refractivity contribution in [3.05, 3.63) is 0 Å². The second-order valence-electron chi connectivity index (χ2n) is 2.91. The van der Waals surface area contributed by atoms with Gasteiger partial charge < -0.3 is 5.32 Å². The molecule has 0 aromatic heterocycles. The van der Waals surface area contributed by atoms with Crippen molar-refractivity contribution < 1.29 is 13.6 Å². The van der Waals surface area contributed by atoms with Crippen molar-refractivity contribution in [3.63, 3.8) is 0 Å². The number of nitrogens with zero attached hydrogens (tertiary/aromatic N) is 1. The van der Waals surface area contributed by atoms with Gasteiger partial charge in [0.05, 0.1) is 6.54 Å². The fourth-order valence-corrected chi connectivity index (χ4v) is 1.26. The van der Waals surface area contributed by atoms with Crippen molar-refractivity contribution in [2.75, 3.05) is 26.2 Å². The molecule has 0 unspecified atom stereocenters. The number of amides is 1. The van der Waals surface area contributed by atoms with Crippen LogP contribution in [0.1, 0.15) is 6.42 Å². The Labute approximate surface area is 69.7 Å². The van der Waals surface area contributed by atoms with Crippen LogP contribution in [0, 0.1) is 0 Å². The lowest BCUT2D eigenvalue weighted by Crippen LogP contribution is -2.31. The molecule has 1 saturated heterocycles. The van der Waals surface area contributed by atoms with Gasteiger partial charge in [0.25, 0.3) is 5.92 Å². The van der Waals surface area contributed by atoms with Crippen molar-refractivity contribution in [3.8, 4) is 0 Å². The second-order valence-corrected chi connectivity index (χ2v) is 2.91. The lowest BCUT2D eigenvalue weighted by molar-refractivity contribution is 0.0125. The molecule has 12 heavy (non-hydrogen) atoms. The van der Waals surface area contributed by atoms with E-state index in [4.69, 9.17) is 0 Å². The van der Waals surface area contributed by atoms with Crippen LogP contribution in [-0.2, 0) is 4.79 Å². The Bertz CT molecular complexity index is 163. The predicted molar refractivity (Wildman–Crippen MR) is 39.7 cm³/mol. The van der Waals surface area contributed by atoms with E-state index in [1.807, 2.05) is 0 Å². The van der Waals surface area contributed by atoms with E-state index >= 15 is 0 Å². The van der Waals surface area contributed by atoms with Crippen LogP contribution in [0.4, 0.5) is 8.78 Å². The molecular formula is C7H11F2N2O. The Balaban J connectivity index is 2.15. The Kier molecular flexibility index (Phi) is 2.97. The first-order valence-corrected chi connectivity index (χ1v) is 3.84. The van der Waals surface area contributed by atoms with Gasteiger partial charge in [0.15, 0.2) is 0 Å². The standard InChI is InChI=1S/C7H11F2N2O/c8-7(9)1-3-11(5-7)4-2-10-6-12/h1-5H2,(H,10,12). The molecule has 1 rings (SSSR count). The highest BCUT2D eigenvalue weighted by Crippen LogP contribution is 2.25. The molecule has 0 spiro atoms. The summed E-state index contributed by atoms with van der Waals surface area (Å²) in [6, 6.07) is 0. The third-order valence-corrected chi connectivity index (χ3v) is 1.87. The first-order valence-electron chi connectivity index (χ1n) is 3.84. The number of alkyl halides is 2. The molecule has 3 nitrogen and oxygen atoms in total. The number of halogens is 2. The molecule has 1 aliphatic rings. The average Bonchev–Trinajstić information content (AvgIpc) is 2.31. The predicted octanol–water partition coefficient (Wildman–Crippen LogP) is -0.0158. The molecule has 1 radical (unpaired) electrons. The van der Waals surface area contributed by atoms with Gasteiger partial charge in [-0.05, 0) is 0 Å². The molecule has 0 aromatic rings. The Morgan fingerprint density at radius 1 is 1.58 bits per heavy atom. The molecule has 69 valence electrons. The van der Waals surface area contributed by atoms with E-state index in [2.05, 4.69) is 5.32 Å². The zero-order chi connectivity index (χ0) is 9.03. The fourth-order valence-electron chi connectivity index (χ4n) is 1.26. The van der Waals surface area contributed by atoms with E-state index in [-0.39, 0.29) is 13.0 Å². The quantitative estimate of drug-likeness (QED) is 0.483. The molecule has 1 N–H and O–H groups in total. The smallest absolute Gasteiger partial charge is 0.309 e. The van der Waals surface area contributed by atoms with Gasteiger partial charge in [0, 0.05) is 26.1 Å². The molecule has 1 aliphatic heterocycles. The molecule has 1 heterocycles. The zero-order valence-corrected chi connectivity index (χ0v) is 6.65. The maximum Gasteiger partial charge on any atom is 0.309 e. The van der Waals surface area contributed by atoms with Gasteiger partial charge in [0.2, 0.25) is 0 Å². The van der Waals surface area contributed by atoms with Crippen molar-refractivity contribution >= 4 is 6.41 Å². The van der Waals surface area contributed by atoms with Crippen molar-refractivity contribution in [2.45, 2.75) is 12.3 Å². The number of hydrogen-bond acceptors (Lipinski definition) is 2. The van der Waals surface area contributed by atoms with Gasteiger partial charge in [-0.25, -0.2) is 8.78 Å². The molecule has 1 amide bonds. The van der Waals surface area contributed by atoms with Gasteiger partial charge in [-0.2, -0.15) is 0 Å². The third kappa shape index (κ3) is 2.73. The fraction of sp³-hybridized carbons (Fsp3) is 0.857. The maximum atomic E-state index is 12.6. The van der Waals surface area contributed by atoms with Crippen LogP contribution < -0.4 is 5.32 Å². The van der Waals surface area contributed by atoms with Crippen molar-refractivity contribution in [1.82, 2.24) is 10.2 Å². The van der Waals surface area contributed by atoms with Crippen molar-refractivity contribution in [2.24, 2.45) is 0 Å². The van der Waals surface area contributed by atoms with Gasteiger partial charge >= 0.3 is 6.41 Å². The summed E-state index contributed by atoms with van der Waals surface area (Å²) in [5, 5.41) is 2.31. The van der Waals surface area contributed by atoms with E-state index < -0.39 is 5.92 Å². The number of nitrogens with one attached hydrogen (secondary N) is 1. The normalized spacial score (nSPS) is 22.5. The molecule has 5 heteroatoms. The highest BCUT2D eigenvalue weighted by Gasteiger charge is 2.37. The van der Waals surface area contributed by atoms with E-state index in [9.17, 15) is 13.6 Å². The Hall–Kier alpha value is -0.710. The van der Waals surface area contributed by atoms with Gasteiger partial charge in [-0.3, -0.25) is 9.69 Å². The second kappa shape index (κ2) is 3.80. The number of carbonyl (C=O) groups excluding carboxylic acids is 1. The minimum atomic E-state index is -2.54. The molecule has 0 atom stereocenters. The van der Waals surface area contributed by atoms with Crippen LogP contribution in [0.15, 0.2) is 0 Å². The molecular weight excluding hydrogens is 166 g/mol. The van der Waals surface area contributed by atoms with Crippen LogP contribution in [0.5, 0.6) is 0 Å². The average molecular weight is 177 g/mol. The highest BCUT2D eigenvalue weighted by molar-refractivity contribution is 5.46. The van der Waals surface area contributed by atoms with Crippen LogP contribution in [0.3, 0.4) is 0 Å². The van der Waals surface area contributed by atoms with Gasteiger partial charge in [-0.1, -0.05) is 0 Å². The summed E-state index contributed by atoms with van der Waals surface area (Å²) < 4.78 is 25.1. The molecule has 1 fully saturated rings.